The maximum absolute atomic E-state index is 11.1. The molecule has 0 atom stereocenters. The third kappa shape index (κ3) is 7.22. The average molecular weight is 235 g/mol. The Hall–Kier alpha value is -1.11. The van der Waals surface area contributed by atoms with Gasteiger partial charge in [0.25, 0.3) is 0 Å². The van der Waals surface area contributed by atoms with E-state index in [1.807, 2.05) is 0 Å². The van der Waals surface area contributed by atoms with Crippen molar-refractivity contribution >= 4 is 5.97 Å². The average Bonchev–Trinajstić information content (AvgIpc) is 2.20. The quantitative estimate of drug-likeness (QED) is 0.301. The normalized spacial score (nSPS) is 7.81. The van der Waals surface area contributed by atoms with Crippen molar-refractivity contribution in [1.82, 2.24) is 0 Å². The summed E-state index contributed by atoms with van der Waals surface area (Å²) in [6.45, 7) is 2.11. The zero-order valence-electron chi connectivity index (χ0n) is 9.04. The molecule has 0 bridgehead atoms. The molecule has 0 spiro atoms. The summed E-state index contributed by atoms with van der Waals surface area (Å²) in [5.74, 6) is -0.222. The third-order valence-corrected chi connectivity index (χ3v) is 1.38. The number of carbonyl (C=O) groups is 1. The summed E-state index contributed by atoms with van der Waals surface area (Å²) in [5.41, 5.74) is 0.453. The molecule has 1 rings (SSSR count). The molecular weight excluding hydrogens is 225 g/mol. The van der Waals surface area contributed by atoms with Gasteiger partial charge in [-0.05, 0) is 31.2 Å². The first-order valence-electron chi connectivity index (χ1n) is 4.06. The van der Waals surface area contributed by atoms with E-state index in [-0.39, 0.29) is 41.3 Å². The second-order valence-corrected chi connectivity index (χ2v) is 2.34. The van der Waals surface area contributed by atoms with Crippen LogP contribution < -0.4 is 29.6 Å². The van der Waals surface area contributed by atoms with Gasteiger partial charge in [-0.25, -0.2) is 4.79 Å². The van der Waals surface area contributed by atoms with Gasteiger partial charge >= 0.3 is 35.5 Å². The monoisotopic (exact) mass is 235 g/mol. The molecule has 16 heavy (non-hydrogen) atoms. The summed E-state index contributed by atoms with van der Waals surface area (Å²) < 4.78 is 4.75. The van der Waals surface area contributed by atoms with Crippen LogP contribution in [0.4, 0.5) is 0 Å². The SMILES string of the molecule is CCOC(=O)c1ccc(O)cc1.O=N[O-].[Na+]. The van der Waals surface area contributed by atoms with Crippen LogP contribution >= 0.6 is 0 Å². The first-order chi connectivity index (χ1) is 7.15. The Morgan fingerprint density at radius 3 is 2.25 bits per heavy atom. The van der Waals surface area contributed by atoms with E-state index in [0.717, 1.165) is 5.34 Å². The summed E-state index contributed by atoms with van der Waals surface area (Å²) in [6, 6.07) is 5.94. The van der Waals surface area contributed by atoms with Gasteiger partial charge in [-0.3, -0.25) is 0 Å². The van der Waals surface area contributed by atoms with Crippen molar-refractivity contribution in [2.45, 2.75) is 6.92 Å². The molecule has 0 aliphatic carbocycles. The Bertz CT molecular complexity index is 314. The maximum Gasteiger partial charge on any atom is 1.00 e. The van der Waals surface area contributed by atoms with Gasteiger partial charge in [0.1, 0.15) is 5.75 Å². The van der Waals surface area contributed by atoms with Crippen molar-refractivity contribution in [3.05, 3.63) is 39.9 Å². The molecule has 0 aromatic heterocycles. The molecule has 0 saturated heterocycles. The van der Waals surface area contributed by atoms with Gasteiger partial charge in [0.05, 0.1) is 12.2 Å². The van der Waals surface area contributed by atoms with Crippen LogP contribution in [-0.4, -0.2) is 17.7 Å². The van der Waals surface area contributed by atoms with E-state index in [9.17, 15) is 4.79 Å². The minimum atomic E-state index is -0.363. The molecule has 1 aromatic rings. The molecule has 0 unspecified atom stereocenters. The third-order valence-electron chi connectivity index (χ3n) is 1.38. The van der Waals surface area contributed by atoms with Gasteiger partial charge in [-0.1, -0.05) is 0 Å². The van der Waals surface area contributed by atoms with Gasteiger partial charge < -0.3 is 20.0 Å². The van der Waals surface area contributed by atoms with Crippen LogP contribution in [0.25, 0.3) is 0 Å². The van der Waals surface area contributed by atoms with E-state index in [2.05, 4.69) is 0 Å². The fourth-order valence-corrected chi connectivity index (χ4v) is 0.812. The Labute approximate surface area is 114 Å². The molecule has 0 aliphatic heterocycles. The van der Waals surface area contributed by atoms with Crippen LogP contribution in [0.3, 0.4) is 0 Å². The maximum atomic E-state index is 11.1. The summed E-state index contributed by atoms with van der Waals surface area (Å²) in [5, 5.41) is 17.9. The van der Waals surface area contributed by atoms with Crippen molar-refractivity contribution in [2.75, 3.05) is 6.61 Å². The summed E-state index contributed by atoms with van der Waals surface area (Å²) in [6.07, 6.45) is 0. The number of hydrogen-bond donors (Lipinski definition) is 1. The van der Waals surface area contributed by atoms with Crippen LogP contribution in [0.1, 0.15) is 17.3 Å². The van der Waals surface area contributed by atoms with E-state index < -0.39 is 0 Å². The summed E-state index contributed by atoms with van der Waals surface area (Å²) >= 11 is 0. The fourth-order valence-electron chi connectivity index (χ4n) is 0.812. The van der Waals surface area contributed by atoms with Crippen molar-refractivity contribution in [2.24, 2.45) is 5.34 Å². The number of phenols is 1. The Morgan fingerprint density at radius 2 is 1.88 bits per heavy atom. The number of ether oxygens (including phenoxy) is 1. The van der Waals surface area contributed by atoms with Gasteiger partial charge in [0.2, 0.25) is 0 Å². The molecule has 0 saturated carbocycles. The van der Waals surface area contributed by atoms with Crippen LogP contribution in [0.5, 0.6) is 5.75 Å². The van der Waals surface area contributed by atoms with Gasteiger partial charge in [0, 0.05) is 0 Å². The molecular formula is C9H10NNaO5. The minimum Gasteiger partial charge on any atom is -0.508 e. The molecule has 1 N–H and O–H groups in total. The summed E-state index contributed by atoms with van der Waals surface area (Å²) in [4.78, 5) is 19.1. The largest absolute Gasteiger partial charge is 1.00 e. The second kappa shape index (κ2) is 10.4. The molecule has 6 nitrogen and oxygen atoms in total. The van der Waals surface area contributed by atoms with Gasteiger partial charge in [-0.2, -0.15) is 0 Å². The van der Waals surface area contributed by atoms with Crippen molar-refractivity contribution in [3.8, 4) is 5.75 Å². The number of phenolic OH excluding ortho intramolecular Hbond substituents is 1. The summed E-state index contributed by atoms with van der Waals surface area (Å²) in [7, 11) is 0. The van der Waals surface area contributed by atoms with Gasteiger partial charge in [-0.15, -0.1) is 5.34 Å². The van der Waals surface area contributed by atoms with E-state index in [0.29, 0.717) is 12.2 Å². The number of benzene rings is 1. The molecule has 0 aliphatic rings. The Morgan fingerprint density at radius 1 is 1.44 bits per heavy atom. The number of nitrogens with zero attached hydrogens (tertiary/aromatic N) is 1. The number of carbonyl (C=O) groups excluding carboxylic acids is 1. The molecule has 1 aromatic carbocycles. The first kappa shape index (κ1) is 17.3. The van der Waals surface area contributed by atoms with E-state index in [4.69, 9.17) is 20.0 Å². The number of hydrogen-bond acceptors (Lipinski definition) is 6. The zero-order chi connectivity index (χ0) is 11.7. The van der Waals surface area contributed by atoms with Crippen molar-refractivity contribution in [3.63, 3.8) is 0 Å². The van der Waals surface area contributed by atoms with Crippen LogP contribution in [0.15, 0.2) is 29.6 Å². The molecule has 0 amide bonds. The number of rotatable bonds is 2. The predicted octanol–water partition coefficient (Wildman–Crippen LogP) is -1.18. The second-order valence-electron chi connectivity index (χ2n) is 2.34. The van der Waals surface area contributed by atoms with Crippen molar-refractivity contribution < 1.29 is 44.2 Å². The molecule has 7 heteroatoms. The Balaban J connectivity index is 0. The molecule has 0 radical (unpaired) electrons. The Kier molecular flexibility index (Phi) is 11.2. The predicted molar refractivity (Wildman–Crippen MR) is 53.2 cm³/mol. The minimum absolute atomic E-state index is 0. The smallest absolute Gasteiger partial charge is 0.508 e. The zero-order valence-corrected chi connectivity index (χ0v) is 11.0. The molecule has 0 fully saturated rings. The number of esters is 1. The topological polar surface area (TPSA) is 99.0 Å². The standard InChI is InChI=1S/C9H10O3.HNO2.Na/c1-2-12-9(11)7-3-5-8(10)6-4-7;2-1-3;/h3-6,10H,2H2,1H3;(H,2,3);/q;;+1/p-1. The first-order valence-corrected chi connectivity index (χ1v) is 4.06. The van der Waals surface area contributed by atoms with Crippen LogP contribution in [0, 0.1) is 10.1 Å². The van der Waals surface area contributed by atoms with E-state index in [1.54, 1.807) is 6.92 Å². The van der Waals surface area contributed by atoms with E-state index >= 15 is 0 Å². The van der Waals surface area contributed by atoms with E-state index in [1.165, 1.54) is 24.3 Å². The van der Waals surface area contributed by atoms with Crippen molar-refractivity contribution in [1.29, 1.82) is 0 Å². The fraction of sp³-hybridized carbons (Fsp3) is 0.222. The molecule has 0 heterocycles. The molecule has 82 valence electrons. The number of aromatic hydroxyl groups is 1. The van der Waals surface area contributed by atoms with Gasteiger partial charge in [0.15, 0.2) is 0 Å². The van der Waals surface area contributed by atoms with Crippen LogP contribution in [-0.2, 0) is 4.74 Å². The van der Waals surface area contributed by atoms with Crippen LogP contribution in [0.2, 0.25) is 0 Å².